The molecule has 170 valence electrons. The van der Waals surface area contributed by atoms with E-state index in [2.05, 4.69) is 10.3 Å². The molecule has 4 aromatic rings. The molecule has 0 spiro atoms. The van der Waals surface area contributed by atoms with Gasteiger partial charge in [0.2, 0.25) is 0 Å². The van der Waals surface area contributed by atoms with Crippen LogP contribution in [0, 0.1) is 0 Å². The first-order valence-electron chi connectivity index (χ1n) is 10.1. The molecule has 0 radical (unpaired) electrons. The Hall–Kier alpha value is -3.46. The number of nitrogens with zero attached hydrogens (tertiary/aromatic N) is 1. The number of carboxylic acids is 1. The van der Waals surface area contributed by atoms with E-state index in [-0.39, 0.29) is 57.5 Å². The summed E-state index contributed by atoms with van der Waals surface area (Å²) >= 11 is 0. The predicted octanol–water partition coefficient (Wildman–Crippen LogP) is 2.05. The molecule has 0 aliphatic carbocycles. The zero-order valence-corrected chi connectivity index (χ0v) is 20.5. The molecular weight excluding hydrogens is 468 g/mol. The van der Waals surface area contributed by atoms with Crippen LogP contribution in [0.3, 0.4) is 0 Å². The molecule has 1 aromatic heterocycles. The van der Waals surface area contributed by atoms with Crippen molar-refractivity contribution in [2.75, 3.05) is 5.32 Å². The van der Waals surface area contributed by atoms with E-state index in [1.165, 1.54) is 36.5 Å². The van der Waals surface area contributed by atoms with Crippen LogP contribution in [0.15, 0.2) is 91.3 Å². The molecule has 9 heteroatoms. The van der Waals surface area contributed by atoms with Crippen LogP contribution < -0.4 is 40.0 Å². The average Bonchev–Trinajstić information content (AvgIpc) is 2.84. The monoisotopic (exact) mass is 484 g/mol. The van der Waals surface area contributed by atoms with Gasteiger partial charge in [0, 0.05) is 23.5 Å². The summed E-state index contributed by atoms with van der Waals surface area (Å²) in [6.45, 7) is 0. The molecule has 0 fully saturated rings. The molecule has 0 aliphatic rings. The van der Waals surface area contributed by atoms with E-state index >= 15 is 0 Å². The second-order valence-corrected chi connectivity index (χ2v) is 7.37. The number of amides is 1. The van der Waals surface area contributed by atoms with E-state index in [1.54, 1.807) is 12.3 Å². The number of aromatic nitrogens is 1. The predicted molar refractivity (Wildman–Crippen MR) is 119 cm³/mol. The van der Waals surface area contributed by atoms with Crippen LogP contribution >= 0.6 is 0 Å². The topological polar surface area (TPSA) is 82.1 Å². The second-order valence-electron chi connectivity index (χ2n) is 7.37. The molecule has 0 unspecified atom stereocenters. The van der Waals surface area contributed by atoms with Crippen molar-refractivity contribution in [2.45, 2.75) is 6.18 Å². The van der Waals surface area contributed by atoms with Gasteiger partial charge in [-0.2, -0.15) is 13.2 Å². The summed E-state index contributed by atoms with van der Waals surface area (Å²) in [6.07, 6.45) is -1.73. The molecule has 0 saturated carbocycles. The minimum Gasteiger partial charge on any atom is -0.545 e. The van der Waals surface area contributed by atoms with Crippen molar-refractivity contribution in [3.63, 3.8) is 0 Å². The molecular formula is C26H16F3N2NaO3. The average molecular weight is 484 g/mol. The number of benzene rings is 3. The van der Waals surface area contributed by atoms with Crippen LogP contribution in [-0.2, 0) is 6.18 Å². The molecule has 3 aromatic carbocycles. The van der Waals surface area contributed by atoms with Gasteiger partial charge in [-0.25, -0.2) is 0 Å². The number of rotatable bonds is 5. The largest absolute Gasteiger partial charge is 1.00 e. The van der Waals surface area contributed by atoms with Gasteiger partial charge >= 0.3 is 35.7 Å². The van der Waals surface area contributed by atoms with Crippen LogP contribution in [0.4, 0.5) is 18.9 Å². The molecule has 1 amide bonds. The minimum atomic E-state index is -4.61. The van der Waals surface area contributed by atoms with E-state index < -0.39 is 23.6 Å². The Balaban J connectivity index is 0.00000342. The summed E-state index contributed by atoms with van der Waals surface area (Å²) < 4.78 is 40.4. The summed E-state index contributed by atoms with van der Waals surface area (Å²) in [7, 11) is 0. The number of halogens is 3. The molecule has 0 aliphatic heterocycles. The molecule has 1 heterocycles. The van der Waals surface area contributed by atoms with Gasteiger partial charge in [-0.1, -0.05) is 60.7 Å². The first-order valence-corrected chi connectivity index (χ1v) is 10.1. The smallest absolute Gasteiger partial charge is 0.545 e. The summed E-state index contributed by atoms with van der Waals surface area (Å²) in [6, 6.07) is 19.2. The Morgan fingerprint density at radius 2 is 1.49 bits per heavy atom. The number of aromatic carboxylic acids is 1. The Morgan fingerprint density at radius 3 is 2.17 bits per heavy atom. The van der Waals surface area contributed by atoms with Gasteiger partial charge in [-0.3, -0.25) is 9.78 Å². The zero-order valence-electron chi connectivity index (χ0n) is 18.5. The van der Waals surface area contributed by atoms with Gasteiger partial charge in [-0.05, 0) is 34.9 Å². The Labute approximate surface area is 220 Å². The van der Waals surface area contributed by atoms with Gasteiger partial charge in [0.25, 0.3) is 5.91 Å². The molecule has 1 N–H and O–H groups in total. The number of hydrogen-bond acceptors (Lipinski definition) is 4. The van der Waals surface area contributed by atoms with E-state index in [1.807, 2.05) is 30.3 Å². The molecule has 0 bridgehead atoms. The Bertz CT molecular complexity index is 1380. The minimum absolute atomic E-state index is 0. The fraction of sp³-hybridized carbons (Fsp3) is 0.0385. The third-order valence-electron chi connectivity index (χ3n) is 5.14. The van der Waals surface area contributed by atoms with E-state index in [4.69, 9.17) is 0 Å². The third-order valence-corrected chi connectivity index (χ3v) is 5.14. The summed E-state index contributed by atoms with van der Waals surface area (Å²) in [5.41, 5.74) is 0.137. The number of hydrogen-bond donors (Lipinski definition) is 1. The molecule has 5 nitrogen and oxygen atoms in total. The van der Waals surface area contributed by atoms with Crippen molar-refractivity contribution in [3.8, 4) is 22.3 Å². The number of pyridine rings is 1. The standard InChI is InChI=1S/C26H17F3N2O3.Na/c27-26(28,29)22-9-5-4-8-20(22)17-10-11-21(25(33)34)23(13-17)31-24(32)19-12-18(14-30-15-19)16-6-2-1-3-7-16;/h1-15H,(H,31,32)(H,33,34);/q;+1/p-1. The first-order chi connectivity index (χ1) is 16.2. The van der Waals surface area contributed by atoms with Crippen molar-refractivity contribution >= 4 is 17.6 Å². The van der Waals surface area contributed by atoms with E-state index in [0.29, 0.717) is 5.56 Å². The SMILES string of the molecule is O=C(Nc1cc(-c2ccccc2C(F)(F)F)ccc1C(=O)[O-])c1cncc(-c2ccccc2)c1.[Na+]. The van der Waals surface area contributed by atoms with E-state index in [0.717, 1.165) is 17.7 Å². The first kappa shape index (κ1) is 26.2. The van der Waals surface area contributed by atoms with Crippen molar-refractivity contribution < 1.29 is 57.4 Å². The van der Waals surface area contributed by atoms with Gasteiger partial charge in [0.15, 0.2) is 0 Å². The third kappa shape index (κ3) is 5.97. The van der Waals surface area contributed by atoms with Gasteiger partial charge in [0.05, 0.1) is 22.8 Å². The second kappa shape index (κ2) is 10.9. The van der Waals surface area contributed by atoms with Crippen LogP contribution in [0.1, 0.15) is 26.3 Å². The summed E-state index contributed by atoms with van der Waals surface area (Å²) in [4.78, 5) is 28.6. The van der Waals surface area contributed by atoms with Crippen LogP contribution in [0.2, 0.25) is 0 Å². The fourth-order valence-electron chi connectivity index (χ4n) is 3.52. The van der Waals surface area contributed by atoms with Crippen LogP contribution in [0.25, 0.3) is 22.3 Å². The maximum absolute atomic E-state index is 13.5. The number of nitrogens with one attached hydrogen (secondary N) is 1. The van der Waals surface area contributed by atoms with Crippen molar-refractivity contribution in [1.29, 1.82) is 0 Å². The quantitative estimate of drug-likeness (QED) is 0.440. The van der Waals surface area contributed by atoms with Crippen LogP contribution in [0.5, 0.6) is 0 Å². The van der Waals surface area contributed by atoms with Gasteiger partial charge in [0.1, 0.15) is 0 Å². The number of anilines is 1. The molecule has 35 heavy (non-hydrogen) atoms. The van der Waals surface area contributed by atoms with Crippen molar-refractivity contribution in [2.24, 2.45) is 0 Å². The number of carboxylic acid groups (broad SMARTS) is 1. The zero-order chi connectivity index (χ0) is 24.3. The summed E-state index contributed by atoms with van der Waals surface area (Å²) in [5, 5.41) is 14.1. The maximum atomic E-state index is 13.5. The molecule has 0 saturated heterocycles. The maximum Gasteiger partial charge on any atom is 1.00 e. The number of carbonyl (C=O) groups is 2. The van der Waals surface area contributed by atoms with Crippen molar-refractivity contribution in [1.82, 2.24) is 4.98 Å². The normalized spacial score (nSPS) is 10.8. The molecule has 4 rings (SSSR count). The fourth-order valence-corrected chi connectivity index (χ4v) is 3.52. The van der Waals surface area contributed by atoms with Crippen LogP contribution in [-0.4, -0.2) is 16.9 Å². The molecule has 0 atom stereocenters. The number of alkyl halides is 3. The van der Waals surface area contributed by atoms with Crippen molar-refractivity contribution in [3.05, 3.63) is 108 Å². The summed E-state index contributed by atoms with van der Waals surface area (Å²) in [5.74, 6) is -2.25. The Kier molecular flexibility index (Phi) is 8.11. The number of carbonyl (C=O) groups excluding carboxylic acids is 2. The van der Waals surface area contributed by atoms with E-state index in [9.17, 15) is 27.9 Å². The Morgan fingerprint density at radius 1 is 0.800 bits per heavy atom. The van der Waals surface area contributed by atoms with Gasteiger partial charge < -0.3 is 15.2 Å². The van der Waals surface area contributed by atoms with Gasteiger partial charge in [-0.15, -0.1) is 0 Å².